The maximum Gasteiger partial charge on any atom is 0.243 e. The van der Waals surface area contributed by atoms with Gasteiger partial charge in [0.05, 0.1) is 20.8 Å². The summed E-state index contributed by atoms with van der Waals surface area (Å²) >= 11 is 7.43. The lowest BCUT2D eigenvalue weighted by molar-refractivity contribution is -0.120. The Morgan fingerprint density at radius 3 is 2.42 bits per heavy atom. The number of fused-ring (bicyclic) bond motifs is 1. The fraction of sp³-hybridized carbons (Fsp3) is 0.370. The first-order chi connectivity index (χ1) is 17.9. The highest BCUT2D eigenvalue weighted by Gasteiger charge is 2.32. The van der Waals surface area contributed by atoms with E-state index >= 15 is 0 Å². The van der Waals surface area contributed by atoms with Crippen molar-refractivity contribution in [1.29, 1.82) is 0 Å². The number of nitrogens with zero attached hydrogens (tertiary/aromatic N) is 4. The molecule has 0 bridgehead atoms. The molecule has 0 saturated carbocycles. The number of hydrogen-bond donors (Lipinski definition) is 1. The van der Waals surface area contributed by atoms with Crippen LogP contribution in [-0.4, -0.2) is 46.5 Å². The zero-order chi connectivity index (χ0) is 27.2. The molecule has 0 spiro atoms. The molecule has 0 atom stereocenters. The lowest BCUT2D eigenvalue weighted by Crippen LogP contribution is -2.41. The average Bonchev–Trinajstić information content (AvgIpc) is 3.46. The lowest BCUT2D eigenvalue weighted by atomic mass is 9.87. The molecule has 8 nitrogen and oxygen atoms in total. The van der Waals surface area contributed by atoms with E-state index in [0.29, 0.717) is 28.8 Å². The monoisotopic (exact) mass is 571 g/mol. The summed E-state index contributed by atoms with van der Waals surface area (Å²) in [5, 5.41) is 8.76. The maximum atomic E-state index is 13.2. The minimum atomic E-state index is -3.63. The lowest BCUT2D eigenvalue weighted by Gasteiger charge is -2.30. The first-order valence-corrected chi connectivity index (χ1v) is 15.1. The number of sulfonamides is 1. The van der Waals surface area contributed by atoms with E-state index in [1.54, 1.807) is 16.8 Å². The van der Waals surface area contributed by atoms with E-state index in [4.69, 9.17) is 16.6 Å². The van der Waals surface area contributed by atoms with Crippen LogP contribution in [0.1, 0.15) is 44.9 Å². The van der Waals surface area contributed by atoms with Crippen molar-refractivity contribution in [3.8, 4) is 5.13 Å². The van der Waals surface area contributed by atoms with Crippen LogP contribution < -0.4 is 5.32 Å². The molecule has 0 radical (unpaired) electrons. The molecule has 1 N–H and O–H groups in total. The van der Waals surface area contributed by atoms with E-state index in [9.17, 15) is 13.2 Å². The van der Waals surface area contributed by atoms with Crippen molar-refractivity contribution >= 4 is 54.9 Å². The normalized spacial score (nSPS) is 15.7. The van der Waals surface area contributed by atoms with Gasteiger partial charge in [0.2, 0.25) is 21.1 Å². The molecule has 2 aromatic heterocycles. The second-order valence-corrected chi connectivity index (χ2v) is 14.0. The number of rotatable bonds is 5. The Kier molecular flexibility index (Phi) is 7.10. The molecule has 1 aliphatic heterocycles. The van der Waals surface area contributed by atoms with E-state index < -0.39 is 10.0 Å². The smallest absolute Gasteiger partial charge is 0.243 e. The zero-order valence-corrected chi connectivity index (χ0v) is 24.1. The molecule has 1 aliphatic rings. The second-order valence-electron chi connectivity index (χ2n) is 10.6. The molecule has 5 rings (SSSR count). The number of halogens is 1. The number of hydrogen-bond acceptors (Lipinski definition) is 6. The van der Waals surface area contributed by atoms with Crippen molar-refractivity contribution in [2.75, 3.05) is 18.4 Å². The summed E-state index contributed by atoms with van der Waals surface area (Å²) in [5.74, 6) is 0.102. The number of nitrogens with one attached hydrogen (secondary N) is 1. The third kappa shape index (κ3) is 5.36. The third-order valence-corrected chi connectivity index (χ3v) is 9.94. The highest BCUT2D eigenvalue weighted by molar-refractivity contribution is 7.89. The number of aromatic nitrogens is 3. The summed E-state index contributed by atoms with van der Waals surface area (Å²) in [6.45, 7) is 8.95. The number of carbonyl (C=O) groups is 1. The van der Waals surface area contributed by atoms with Crippen molar-refractivity contribution in [2.45, 2.75) is 50.8 Å². The number of carbonyl (C=O) groups excluding carboxylic acids is 1. The number of thiazole rings is 1. The van der Waals surface area contributed by atoms with Gasteiger partial charge >= 0.3 is 0 Å². The maximum absolute atomic E-state index is 13.2. The van der Waals surface area contributed by atoms with Crippen LogP contribution >= 0.6 is 22.9 Å². The first kappa shape index (κ1) is 26.8. The van der Waals surface area contributed by atoms with Crippen LogP contribution in [0.4, 0.5) is 5.82 Å². The Morgan fingerprint density at radius 2 is 1.76 bits per heavy atom. The van der Waals surface area contributed by atoms with Crippen LogP contribution in [0.5, 0.6) is 0 Å². The summed E-state index contributed by atoms with van der Waals surface area (Å²) in [5.41, 5.74) is 2.91. The molecular weight excluding hydrogens is 542 g/mol. The third-order valence-electron chi connectivity index (χ3n) is 6.78. The molecule has 0 unspecified atom stereocenters. The van der Waals surface area contributed by atoms with E-state index in [1.165, 1.54) is 33.3 Å². The highest BCUT2D eigenvalue weighted by Crippen LogP contribution is 2.32. The van der Waals surface area contributed by atoms with Crippen molar-refractivity contribution in [3.05, 3.63) is 64.8 Å². The van der Waals surface area contributed by atoms with Gasteiger partial charge in [-0.3, -0.25) is 4.79 Å². The topological polar surface area (TPSA) is 97.2 Å². The predicted molar refractivity (Wildman–Crippen MR) is 152 cm³/mol. The van der Waals surface area contributed by atoms with Crippen molar-refractivity contribution in [3.63, 3.8) is 0 Å². The number of amides is 1. The quantitative estimate of drug-likeness (QED) is 0.327. The number of aryl methyl sites for hydroxylation is 1. The predicted octanol–water partition coefficient (Wildman–Crippen LogP) is 5.78. The van der Waals surface area contributed by atoms with Crippen LogP contribution in [0.3, 0.4) is 0 Å². The standard InChI is InChI=1S/C27H30ClN5O3S2/c1-17-15-24(33(31-17)26-29-22-10-5-19(27(2,3)4)16-23(22)37-26)30-25(34)18-11-13-32(14-12-18)38(35,36)21-8-6-20(28)7-9-21/h5-10,15-16,18H,11-14H2,1-4H3,(H,30,34). The molecule has 2 aromatic carbocycles. The van der Waals surface area contributed by atoms with Gasteiger partial charge in [0, 0.05) is 30.1 Å². The Balaban J connectivity index is 1.30. The zero-order valence-electron chi connectivity index (χ0n) is 21.7. The summed E-state index contributed by atoms with van der Waals surface area (Å²) in [6, 6.07) is 14.3. The van der Waals surface area contributed by atoms with Gasteiger partial charge in [0.1, 0.15) is 5.82 Å². The average molecular weight is 572 g/mol. The Morgan fingerprint density at radius 1 is 1.08 bits per heavy atom. The van der Waals surface area contributed by atoms with E-state index in [0.717, 1.165) is 15.9 Å². The van der Waals surface area contributed by atoms with Crippen molar-refractivity contribution in [1.82, 2.24) is 19.1 Å². The number of piperidine rings is 1. The van der Waals surface area contributed by atoms with Crippen LogP contribution in [-0.2, 0) is 20.2 Å². The van der Waals surface area contributed by atoms with Gasteiger partial charge in [-0.15, -0.1) is 0 Å². The molecule has 11 heteroatoms. The van der Waals surface area contributed by atoms with Gasteiger partial charge < -0.3 is 5.32 Å². The van der Waals surface area contributed by atoms with E-state index in [-0.39, 0.29) is 35.2 Å². The first-order valence-electron chi connectivity index (χ1n) is 12.5. The molecule has 1 amide bonds. The van der Waals surface area contributed by atoms with Crippen LogP contribution in [0, 0.1) is 12.8 Å². The molecule has 38 heavy (non-hydrogen) atoms. The molecule has 200 valence electrons. The van der Waals surface area contributed by atoms with Gasteiger partial charge in [-0.05, 0) is 67.1 Å². The van der Waals surface area contributed by atoms with E-state index in [2.05, 4.69) is 43.3 Å². The Labute approximate surface area is 231 Å². The van der Waals surface area contributed by atoms with E-state index in [1.807, 2.05) is 19.1 Å². The summed E-state index contributed by atoms with van der Waals surface area (Å²) in [6.07, 6.45) is 0.866. The Hall–Kier alpha value is -2.79. The molecule has 1 fully saturated rings. The van der Waals surface area contributed by atoms with Crippen molar-refractivity contribution in [2.24, 2.45) is 5.92 Å². The van der Waals surface area contributed by atoms with Gasteiger partial charge in [-0.25, -0.2) is 13.4 Å². The largest absolute Gasteiger partial charge is 0.310 e. The molecule has 1 saturated heterocycles. The SMILES string of the molecule is Cc1cc(NC(=O)C2CCN(S(=O)(=O)c3ccc(Cl)cc3)CC2)n(-c2nc3ccc(C(C)(C)C)cc3s2)n1. The minimum absolute atomic E-state index is 0.0312. The van der Waals surface area contributed by atoms with Gasteiger partial charge in [0.15, 0.2) is 0 Å². The minimum Gasteiger partial charge on any atom is -0.310 e. The van der Waals surface area contributed by atoms with Crippen LogP contribution in [0.2, 0.25) is 5.02 Å². The molecule has 0 aliphatic carbocycles. The number of anilines is 1. The molecular formula is C27H30ClN5O3S2. The van der Waals surface area contributed by atoms with Gasteiger partial charge in [-0.1, -0.05) is 49.8 Å². The fourth-order valence-corrected chi connectivity index (χ4v) is 7.11. The Bertz CT molecular complexity index is 1600. The van der Waals surface area contributed by atoms with Crippen LogP contribution in [0.15, 0.2) is 53.4 Å². The van der Waals surface area contributed by atoms with Crippen LogP contribution in [0.25, 0.3) is 15.3 Å². The summed E-state index contributed by atoms with van der Waals surface area (Å²) in [7, 11) is -3.63. The molecule has 4 aromatic rings. The summed E-state index contributed by atoms with van der Waals surface area (Å²) in [4.78, 5) is 18.2. The number of benzene rings is 2. The highest BCUT2D eigenvalue weighted by atomic mass is 35.5. The van der Waals surface area contributed by atoms with Gasteiger partial charge in [0.25, 0.3) is 0 Å². The van der Waals surface area contributed by atoms with Crippen molar-refractivity contribution < 1.29 is 13.2 Å². The summed E-state index contributed by atoms with van der Waals surface area (Å²) < 4.78 is 30.1. The fourth-order valence-electron chi connectivity index (χ4n) is 4.55. The van der Waals surface area contributed by atoms with Gasteiger partial charge in [-0.2, -0.15) is 14.1 Å². The molecule has 3 heterocycles. The second kappa shape index (κ2) is 10.1.